The van der Waals surface area contributed by atoms with Crippen LogP contribution in [0.15, 0.2) is 72.8 Å². The van der Waals surface area contributed by atoms with Gasteiger partial charge in [-0.2, -0.15) is 13.2 Å². The highest BCUT2D eigenvalue weighted by atomic mass is 19.4. The lowest BCUT2D eigenvalue weighted by Crippen LogP contribution is -2.77. The molecule has 3 aliphatic rings. The minimum atomic E-state index is -4.56. The van der Waals surface area contributed by atoms with Crippen LogP contribution in [0.5, 0.6) is 11.5 Å². The van der Waals surface area contributed by atoms with Crippen molar-refractivity contribution in [2.75, 3.05) is 26.2 Å². The predicted octanol–water partition coefficient (Wildman–Crippen LogP) is 4.70. The Morgan fingerprint density at radius 3 is 2.40 bits per heavy atom. The molecule has 2 saturated heterocycles. The van der Waals surface area contributed by atoms with Crippen LogP contribution in [0, 0.1) is 0 Å². The van der Waals surface area contributed by atoms with Gasteiger partial charge in [0.25, 0.3) is 0 Å². The number of rotatable bonds is 8. The number of phenols is 1. The molecule has 0 aromatic heterocycles. The summed E-state index contributed by atoms with van der Waals surface area (Å²) >= 11 is 0. The zero-order chi connectivity index (χ0) is 33.5. The Bertz CT molecular complexity index is 1650. The van der Waals surface area contributed by atoms with Crippen LogP contribution >= 0.6 is 0 Å². The van der Waals surface area contributed by atoms with E-state index in [0.29, 0.717) is 18.9 Å². The minimum Gasteiger partial charge on any atom is -0.508 e. The molecule has 2 unspecified atom stereocenters. The lowest BCUT2D eigenvalue weighted by Gasteiger charge is -2.56. The van der Waals surface area contributed by atoms with Gasteiger partial charge in [0.1, 0.15) is 23.2 Å². The van der Waals surface area contributed by atoms with Gasteiger partial charge in [0.2, 0.25) is 11.8 Å². The quantitative estimate of drug-likeness (QED) is 0.366. The molecule has 2 N–H and O–H groups in total. The van der Waals surface area contributed by atoms with E-state index in [1.54, 1.807) is 17.1 Å². The van der Waals surface area contributed by atoms with Crippen LogP contribution < -0.4 is 10.1 Å². The Kier molecular flexibility index (Phi) is 8.51. The lowest BCUT2D eigenvalue weighted by atomic mass is 9.97. The number of benzene rings is 3. The molecule has 1 spiro atoms. The number of nitrogens with zero attached hydrogens (tertiary/aromatic N) is 4. The second-order valence-corrected chi connectivity index (χ2v) is 12.0. The number of phenolic OH excluding ortho intramolecular Hbond substituents is 1. The van der Waals surface area contributed by atoms with Gasteiger partial charge < -0.3 is 25.0 Å². The minimum absolute atomic E-state index is 0.0467. The number of piperazine rings is 1. The van der Waals surface area contributed by atoms with Crippen LogP contribution in [0.3, 0.4) is 0 Å². The summed E-state index contributed by atoms with van der Waals surface area (Å²) in [6, 6.07) is 18.0. The molecule has 3 aromatic rings. The monoisotopic (exact) mass is 651 g/mol. The predicted molar refractivity (Wildman–Crippen MR) is 165 cm³/mol. The first kappa shape index (κ1) is 32.2. The molecule has 0 radical (unpaired) electrons. The third-order valence-electron chi connectivity index (χ3n) is 9.05. The van der Waals surface area contributed by atoms with Crippen molar-refractivity contribution in [1.29, 1.82) is 0 Å². The van der Waals surface area contributed by atoms with E-state index in [0.717, 1.165) is 23.3 Å². The van der Waals surface area contributed by atoms with Crippen molar-refractivity contribution in [3.63, 3.8) is 0 Å². The van der Waals surface area contributed by atoms with Gasteiger partial charge in [0.05, 0.1) is 25.3 Å². The highest BCUT2D eigenvalue weighted by Crippen LogP contribution is 2.59. The zero-order valence-electron chi connectivity index (χ0n) is 26.0. The second kappa shape index (κ2) is 12.4. The zero-order valence-corrected chi connectivity index (χ0v) is 26.0. The van der Waals surface area contributed by atoms with Gasteiger partial charge in [-0.1, -0.05) is 43.3 Å². The molecule has 10 nitrogen and oxygen atoms in total. The number of nitrogens with one attached hydrogen (secondary N) is 1. The summed E-state index contributed by atoms with van der Waals surface area (Å²) in [6.07, 6.45) is -5.20. The van der Waals surface area contributed by atoms with Crippen LogP contribution in [0.25, 0.3) is 0 Å². The number of carbonyl (C=O) groups excluding carboxylic acids is 3. The summed E-state index contributed by atoms with van der Waals surface area (Å²) in [7, 11) is 0. The lowest BCUT2D eigenvalue weighted by molar-refractivity contribution is -0.194. The van der Waals surface area contributed by atoms with Gasteiger partial charge >= 0.3 is 12.2 Å². The van der Waals surface area contributed by atoms with Crippen molar-refractivity contribution in [3.05, 3.63) is 95.1 Å². The number of ether oxygens (including phenoxy) is 1. The Labute approximate surface area is 270 Å². The average Bonchev–Trinajstić information content (AvgIpc) is 3.78. The van der Waals surface area contributed by atoms with Crippen LogP contribution in [0.4, 0.5) is 18.0 Å². The van der Waals surface area contributed by atoms with Gasteiger partial charge in [-0.05, 0) is 66.4 Å². The molecule has 13 heteroatoms. The number of hydrazine groups is 1. The summed E-state index contributed by atoms with van der Waals surface area (Å²) < 4.78 is 46.2. The first-order valence-electron chi connectivity index (χ1n) is 15.6. The maximum Gasteiger partial charge on any atom is 0.416 e. The molecule has 2 heterocycles. The van der Waals surface area contributed by atoms with Crippen molar-refractivity contribution >= 4 is 17.8 Å². The van der Waals surface area contributed by atoms with Crippen LogP contribution in [-0.2, 0) is 28.9 Å². The molecule has 47 heavy (non-hydrogen) atoms. The summed E-state index contributed by atoms with van der Waals surface area (Å²) in [5.41, 5.74) is -0.338. The number of hydrogen-bond donors (Lipinski definition) is 2. The average molecular weight is 652 g/mol. The highest BCUT2D eigenvalue weighted by Gasteiger charge is 2.72. The molecule has 2 aliphatic heterocycles. The molecule has 6 rings (SSSR count). The van der Waals surface area contributed by atoms with Crippen molar-refractivity contribution in [1.82, 2.24) is 25.1 Å². The van der Waals surface area contributed by atoms with E-state index in [-0.39, 0.29) is 49.8 Å². The van der Waals surface area contributed by atoms with Gasteiger partial charge in [0.15, 0.2) is 0 Å². The normalized spacial score (nSPS) is 22.8. The first-order valence-corrected chi connectivity index (χ1v) is 15.6. The van der Waals surface area contributed by atoms with E-state index in [1.807, 2.05) is 38.1 Å². The van der Waals surface area contributed by atoms with E-state index in [9.17, 15) is 32.7 Å². The summed E-state index contributed by atoms with van der Waals surface area (Å²) in [5, 5.41) is 15.9. The standard InChI is InChI=1S/C34H36F3N5O5/c1-3-40-21-30(44)41-29(42(40)32(46)38-18-22-8-14-27(15-9-22)47-4-2)20-39(19-23-6-5-7-25(16-23)34(35,36)37)31(45)33(41)17-28(33)24-10-12-26(43)13-11-24/h5-16,28-29,43H,3-4,17-21H2,1-2H3,(H,38,46)/t28?,29-,33?/m0/s1. The van der Waals surface area contributed by atoms with Crippen molar-refractivity contribution in [3.8, 4) is 11.5 Å². The molecule has 3 aromatic carbocycles. The highest BCUT2D eigenvalue weighted by molar-refractivity contribution is 5.98. The Morgan fingerprint density at radius 1 is 1.02 bits per heavy atom. The maximum atomic E-state index is 14.4. The first-order chi connectivity index (χ1) is 22.5. The Morgan fingerprint density at radius 2 is 1.74 bits per heavy atom. The van der Waals surface area contributed by atoms with Crippen LogP contribution in [0.1, 0.15) is 48.4 Å². The van der Waals surface area contributed by atoms with Gasteiger partial charge in [-0.3, -0.25) is 9.59 Å². The number of fused-ring (bicyclic) bond motifs is 2. The smallest absolute Gasteiger partial charge is 0.416 e. The Hall–Kier alpha value is -4.78. The van der Waals surface area contributed by atoms with Crippen LogP contribution in [0.2, 0.25) is 0 Å². The fourth-order valence-electron chi connectivity index (χ4n) is 6.79. The number of carbonyl (C=O) groups is 3. The SMILES string of the molecule is CCOc1ccc(CNC(=O)N2[C@H]3CN(Cc4cccc(C(F)(F)F)c4)C(=O)C4(CC4c4ccc(O)cc4)N3C(=O)CN2CC)cc1. The van der Waals surface area contributed by atoms with E-state index < -0.39 is 41.3 Å². The van der Waals surface area contributed by atoms with Crippen molar-refractivity contribution in [2.24, 2.45) is 0 Å². The number of hydrogen-bond acceptors (Lipinski definition) is 6. The molecule has 3 fully saturated rings. The molecule has 3 atom stereocenters. The largest absolute Gasteiger partial charge is 0.508 e. The molecular weight excluding hydrogens is 615 g/mol. The summed E-state index contributed by atoms with van der Waals surface area (Å²) in [4.78, 5) is 45.2. The maximum absolute atomic E-state index is 14.4. The van der Waals surface area contributed by atoms with Crippen molar-refractivity contribution < 1.29 is 37.4 Å². The summed E-state index contributed by atoms with van der Waals surface area (Å²) in [5.74, 6) is -0.396. The van der Waals surface area contributed by atoms with Gasteiger partial charge in [0, 0.05) is 25.6 Å². The molecule has 0 bridgehead atoms. The molecular formula is C34H36F3N5O5. The third-order valence-corrected chi connectivity index (χ3v) is 9.05. The fraction of sp³-hybridized carbons (Fsp3) is 0.382. The van der Waals surface area contributed by atoms with E-state index >= 15 is 0 Å². The molecule has 1 aliphatic carbocycles. The van der Waals surface area contributed by atoms with Crippen molar-refractivity contribution in [2.45, 2.75) is 57.2 Å². The number of alkyl halides is 3. The fourth-order valence-corrected chi connectivity index (χ4v) is 6.79. The summed E-state index contributed by atoms with van der Waals surface area (Å²) in [6.45, 7) is 4.37. The van der Waals surface area contributed by atoms with Gasteiger partial charge in [-0.15, -0.1) is 0 Å². The topological polar surface area (TPSA) is 106 Å². The van der Waals surface area contributed by atoms with Gasteiger partial charge in [-0.25, -0.2) is 14.8 Å². The van der Waals surface area contributed by atoms with E-state index in [4.69, 9.17) is 4.74 Å². The Balaban J connectivity index is 1.34. The number of amides is 4. The third kappa shape index (κ3) is 6.07. The molecule has 1 saturated carbocycles. The number of aromatic hydroxyl groups is 1. The van der Waals surface area contributed by atoms with Crippen LogP contribution in [-0.4, -0.2) is 80.7 Å². The number of likely N-dealkylation sites (N-methyl/N-ethyl adjacent to an activating group) is 1. The number of halogens is 3. The number of urea groups is 1. The molecule has 4 amide bonds. The molecule has 248 valence electrons. The van der Waals surface area contributed by atoms with E-state index in [2.05, 4.69) is 5.32 Å². The van der Waals surface area contributed by atoms with E-state index in [1.165, 1.54) is 39.1 Å². The second-order valence-electron chi connectivity index (χ2n) is 12.0.